The number of nitrogens with two attached hydrogens (primary N) is 1. The number of nitrogens with zero attached hydrogens (tertiary/aromatic N) is 2. The summed E-state index contributed by atoms with van der Waals surface area (Å²) < 4.78 is 26.2. The molecular formula is C11H19F2N3. The van der Waals surface area contributed by atoms with Crippen LogP contribution in [0.1, 0.15) is 50.9 Å². The van der Waals surface area contributed by atoms with Crippen LogP contribution in [0.3, 0.4) is 0 Å². The average molecular weight is 231 g/mol. The van der Waals surface area contributed by atoms with Gasteiger partial charge in [-0.15, -0.1) is 0 Å². The Hall–Kier alpha value is -1.13. The number of halogens is 2. The maximum Gasteiger partial charge on any atom is 0.257 e. The third-order valence-corrected chi connectivity index (χ3v) is 2.46. The molecule has 1 heterocycles. The molecule has 92 valence electrons. The summed E-state index contributed by atoms with van der Waals surface area (Å²) in [6, 6.07) is 0. The topological polar surface area (TPSA) is 43.8 Å². The predicted molar refractivity (Wildman–Crippen MR) is 60.8 cm³/mol. The van der Waals surface area contributed by atoms with Crippen molar-refractivity contribution in [1.29, 1.82) is 0 Å². The lowest BCUT2D eigenvalue weighted by atomic mass is 10.0. The quantitative estimate of drug-likeness (QED) is 0.865. The second kappa shape index (κ2) is 4.80. The lowest BCUT2D eigenvalue weighted by Gasteiger charge is -2.10. The molecule has 0 aliphatic rings. The first-order valence-electron chi connectivity index (χ1n) is 5.48. The molecule has 0 aliphatic carbocycles. The van der Waals surface area contributed by atoms with Gasteiger partial charge in [-0.05, 0) is 11.8 Å². The van der Waals surface area contributed by atoms with Crippen molar-refractivity contribution in [2.45, 2.75) is 52.5 Å². The van der Waals surface area contributed by atoms with Crippen molar-refractivity contribution in [1.82, 2.24) is 9.78 Å². The van der Waals surface area contributed by atoms with E-state index >= 15 is 0 Å². The second-order valence-electron chi connectivity index (χ2n) is 4.57. The highest BCUT2D eigenvalue weighted by Crippen LogP contribution is 2.29. The van der Waals surface area contributed by atoms with E-state index in [4.69, 9.17) is 5.73 Å². The van der Waals surface area contributed by atoms with E-state index in [9.17, 15) is 8.78 Å². The van der Waals surface area contributed by atoms with Crippen molar-refractivity contribution in [3.05, 3.63) is 11.4 Å². The SMILES string of the molecule is CC(C)c1nn(CC(F)F)c(C(C)C)c1N. The first-order chi connectivity index (χ1) is 7.34. The molecule has 1 rings (SSSR count). The summed E-state index contributed by atoms with van der Waals surface area (Å²) in [7, 11) is 0. The molecule has 0 amide bonds. The minimum absolute atomic E-state index is 0.0961. The lowest BCUT2D eigenvalue weighted by Crippen LogP contribution is -2.13. The Bertz CT molecular complexity index is 356. The molecule has 0 radical (unpaired) electrons. The fraction of sp³-hybridized carbons (Fsp3) is 0.727. The molecule has 0 saturated carbocycles. The molecule has 1 aromatic heterocycles. The summed E-state index contributed by atoms with van der Waals surface area (Å²) in [6.45, 7) is 7.38. The van der Waals surface area contributed by atoms with E-state index in [-0.39, 0.29) is 18.4 Å². The first-order valence-corrected chi connectivity index (χ1v) is 5.48. The lowest BCUT2D eigenvalue weighted by molar-refractivity contribution is 0.120. The Balaban J connectivity index is 3.20. The van der Waals surface area contributed by atoms with Gasteiger partial charge in [-0.2, -0.15) is 5.10 Å². The van der Waals surface area contributed by atoms with Crippen molar-refractivity contribution in [3.8, 4) is 0 Å². The molecule has 0 saturated heterocycles. The molecule has 5 heteroatoms. The molecule has 0 unspecified atom stereocenters. The highest BCUT2D eigenvalue weighted by atomic mass is 19.3. The maximum absolute atomic E-state index is 12.4. The van der Waals surface area contributed by atoms with Gasteiger partial charge < -0.3 is 5.73 Å². The number of aromatic nitrogens is 2. The maximum atomic E-state index is 12.4. The number of hydrogen-bond donors (Lipinski definition) is 1. The van der Waals surface area contributed by atoms with Crippen LogP contribution in [0.25, 0.3) is 0 Å². The summed E-state index contributed by atoms with van der Waals surface area (Å²) in [6.07, 6.45) is -2.41. The second-order valence-corrected chi connectivity index (χ2v) is 4.57. The van der Waals surface area contributed by atoms with Crippen LogP contribution in [-0.4, -0.2) is 16.2 Å². The van der Waals surface area contributed by atoms with Gasteiger partial charge in [-0.1, -0.05) is 27.7 Å². The Labute approximate surface area is 94.6 Å². The minimum atomic E-state index is -2.41. The Kier molecular flexibility index (Phi) is 3.88. The Morgan fingerprint density at radius 3 is 2.12 bits per heavy atom. The van der Waals surface area contributed by atoms with Crippen molar-refractivity contribution in [2.24, 2.45) is 0 Å². The van der Waals surface area contributed by atoms with Crippen LogP contribution < -0.4 is 5.73 Å². The van der Waals surface area contributed by atoms with Gasteiger partial charge in [0.15, 0.2) is 0 Å². The molecule has 2 N–H and O–H groups in total. The molecule has 0 bridgehead atoms. The Morgan fingerprint density at radius 2 is 1.75 bits per heavy atom. The fourth-order valence-corrected chi connectivity index (χ4v) is 1.81. The number of rotatable bonds is 4. The number of nitrogen functional groups attached to an aromatic ring is 1. The van der Waals surface area contributed by atoms with Gasteiger partial charge in [0.05, 0.1) is 17.1 Å². The van der Waals surface area contributed by atoms with Crippen LogP contribution in [-0.2, 0) is 6.54 Å². The molecule has 1 aromatic rings. The third-order valence-electron chi connectivity index (χ3n) is 2.46. The van der Waals surface area contributed by atoms with E-state index in [0.717, 1.165) is 0 Å². The highest BCUT2D eigenvalue weighted by Gasteiger charge is 2.21. The van der Waals surface area contributed by atoms with Crippen LogP contribution >= 0.6 is 0 Å². The van der Waals surface area contributed by atoms with E-state index < -0.39 is 6.43 Å². The molecule has 0 atom stereocenters. The fourth-order valence-electron chi connectivity index (χ4n) is 1.81. The summed E-state index contributed by atoms with van der Waals surface area (Å²) in [5.74, 6) is 0.246. The summed E-state index contributed by atoms with van der Waals surface area (Å²) >= 11 is 0. The number of anilines is 1. The van der Waals surface area contributed by atoms with Crippen molar-refractivity contribution < 1.29 is 8.78 Å². The van der Waals surface area contributed by atoms with Crippen molar-refractivity contribution in [2.75, 3.05) is 5.73 Å². The van der Waals surface area contributed by atoms with Gasteiger partial charge >= 0.3 is 0 Å². The predicted octanol–water partition coefficient (Wildman–Crippen LogP) is 2.98. The van der Waals surface area contributed by atoms with Gasteiger partial charge in [-0.25, -0.2) is 8.78 Å². The summed E-state index contributed by atoms with van der Waals surface area (Å²) in [5, 5.41) is 4.18. The zero-order chi connectivity index (χ0) is 12.5. The van der Waals surface area contributed by atoms with Gasteiger partial charge in [0.25, 0.3) is 6.43 Å². The molecule has 0 spiro atoms. The van der Waals surface area contributed by atoms with Gasteiger partial charge in [-0.3, -0.25) is 4.68 Å². The molecule has 0 aliphatic heterocycles. The van der Waals surface area contributed by atoms with E-state index in [0.29, 0.717) is 17.1 Å². The van der Waals surface area contributed by atoms with E-state index in [1.807, 2.05) is 27.7 Å². The third kappa shape index (κ3) is 2.51. The molecular weight excluding hydrogens is 212 g/mol. The van der Waals surface area contributed by atoms with Crippen molar-refractivity contribution >= 4 is 5.69 Å². The number of alkyl halides is 2. The van der Waals surface area contributed by atoms with E-state index in [1.54, 1.807) is 0 Å². The van der Waals surface area contributed by atoms with Crippen LogP contribution in [0.5, 0.6) is 0 Å². The molecule has 3 nitrogen and oxygen atoms in total. The zero-order valence-electron chi connectivity index (χ0n) is 10.2. The summed E-state index contributed by atoms with van der Waals surface area (Å²) in [4.78, 5) is 0. The zero-order valence-corrected chi connectivity index (χ0v) is 10.2. The van der Waals surface area contributed by atoms with Crippen LogP contribution in [0.15, 0.2) is 0 Å². The smallest absolute Gasteiger partial charge is 0.257 e. The normalized spacial score (nSPS) is 12.1. The monoisotopic (exact) mass is 231 g/mol. The van der Waals surface area contributed by atoms with Gasteiger partial charge in [0.1, 0.15) is 6.54 Å². The molecule has 0 fully saturated rings. The van der Waals surface area contributed by atoms with Crippen LogP contribution in [0.2, 0.25) is 0 Å². The van der Waals surface area contributed by atoms with Crippen LogP contribution in [0.4, 0.5) is 14.5 Å². The molecule has 16 heavy (non-hydrogen) atoms. The Morgan fingerprint density at radius 1 is 1.19 bits per heavy atom. The highest BCUT2D eigenvalue weighted by molar-refractivity contribution is 5.51. The van der Waals surface area contributed by atoms with Crippen molar-refractivity contribution in [3.63, 3.8) is 0 Å². The van der Waals surface area contributed by atoms with E-state index in [1.165, 1.54) is 4.68 Å². The standard InChI is InChI=1S/C11H19F2N3/c1-6(2)10-9(14)11(7(3)4)16(15-10)5-8(12)13/h6-8H,5,14H2,1-4H3. The van der Waals surface area contributed by atoms with E-state index in [2.05, 4.69) is 5.10 Å². The largest absolute Gasteiger partial charge is 0.396 e. The minimum Gasteiger partial charge on any atom is -0.396 e. The number of hydrogen-bond acceptors (Lipinski definition) is 2. The average Bonchev–Trinajstić information content (AvgIpc) is 2.41. The summed E-state index contributed by atoms with van der Waals surface area (Å²) in [5.41, 5.74) is 7.94. The molecule has 0 aromatic carbocycles. The van der Waals surface area contributed by atoms with Gasteiger partial charge in [0.2, 0.25) is 0 Å². The van der Waals surface area contributed by atoms with Gasteiger partial charge in [0, 0.05) is 0 Å². The first kappa shape index (κ1) is 12.9. The van der Waals surface area contributed by atoms with Crippen LogP contribution in [0, 0.1) is 0 Å².